The number of piperazine rings is 1. The maximum Gasteiger partial charge on any atom is 0.250 e. The number of primary amides is 1. The average molecular weight is 411 g/mol. The molecular weight excluding hydrogens is 384 g/mol. The Bertz CT molecular complexity index is 1190. The molecule has 1 aliphatic heterocycles. The molecule has 0 aliphatic carbocycles. The fourth-order valence-electron chi connectivity index (χ4n) is 4.37. The number of benzene rings is 3. The molecule has 1 aliphatic rings. The number of para-hydroxylation sites is 1. The summed E-state index contributed by atoms with van der Waals surface area (Å²) in [7, 11) is 0. The normalized spacial score (nSPS) is 14.8. The number of anilines is 1. The molecule has 0 radical (unpaired) electrons. The van der Waals surface area contributed by atoms with Gasteiger partial charge < -0.3 is 15.6 Å². The average Bonchev–Trinajstić information content (AvgIpc) is 3.25. The van der Waals surface area contributed by atoms with Gasteiger partial charge in [0, 0.05) is 49.5 Å². The lowest BCUT2D eigenvalue weighted by Gasteiger charge is -2.36. The van der Waals surface area contributed by atoms with E-state index in [9.17, 15) is 4.79 Å². The molecule has 0 atom stereocenters. The number of nitrogens with one attached hydrogen (secondary N) is 1. The summed E-state index contributed by atoms with van der Waals surface area (Å²) in [5.41, 5.74) is 11.5. The van der Waals surface area contributed by atoms with Gasteiger partial charge in [0.15, 0.2) is 0 Å². The van der Waals surface area contributed by atoms with Crippen LogP contribution in [0.25, 0.3) is 22.2 Å². The number of fused-ring (bicyclic) bond motifs is 1. The van der Waals surface area contributed by atoms with Crippen molar-refractivity contribution in [3.05, 3.63) is 90.0 Å². The molecule has 5 heteroatoms. The number of aromatic nitrogens is 1. The topological polar surface area (TPSA) is 65.4 Å². The summed E-state index contributed by atoms with van der Waals surface area (Å²) in [6.45, 7) is 5.20. The predicted molar refractivity (Wildman–Crippen MR) is 126 cm³/mol. The Hall–Kier alpha value is -3.57. The van der Waals surface area contributed by atoms with E-state index in [2.05, 4.69) is 75.4 Å². The number of nitrogens with zero attached hydrogens (tertiary/aromatic N) is 2. The smallest absolute Gasteiger partial charge is 0.250 e. The monoisotopic (exact) mass is 410 g/mol. The molecule has 1 saturated heterocycles. The minimum absolute atomic E-state index is 0.416. The highest BCUT2D eigenvalue weighted by atomic mass is 16.1. The first-order chi connectivity index (χ1) is 15.2. The third kappa shape index (κ3) is 4.05. The van der Waals surface area contributed by atoms with Gasteiger partial charge in [-0.15, -0.1) is 0 Å². The van der Waals surface area contributed by atoms with E-state index in [4.69, 9.17) is 5.73 Å². The minimum atomic E-state index is -0.416. The van der Waals surface area contributed by atoms with Gasteiger partial charge >= 0.3 is 0 Å². The third-order valence-corrected chi connectivity index (χ3v) is 6.09. The number of amides is 1. The van der Waals surface area contributed by atoms with Gasteiger partial charge in [0.1, 0.15) is 0 Å². The molecule has 3 aromatic carbocycles. The Labute approximate surface area is 182 Å². The Morgan fingerprint density at radius 1 is 0.871 bits per heavy atom. The van der Waals surface area contributed by atoms with Gasteiger partial charge in [-0.2, -0.15) is 0 Å². The zero-order valence-corrected chi connectivity index (χ0v) is 17.4. The van der Waals surface area contributed by atoms with Gasteiger partial charge in [0.2, 0.25) is 0 Å². The fraction of sp³-hybridized carbons (Fsp3) is 0.192. The van der Waals surface area contributed by atoms with Gasteiger partial charge in [-0.1, -0.05) is 54.6 Å². The third-order valence-electron chi connectivity index (χ3n) is 6.09. The predicted octanol–water partition coefficient (Wildman–Crippen LogP) is 4.26. The Balaban J connectivity index is 1.27. The van der Waals surface area contributed by atoms with Gasteiger partial charge in [0.05, 0.1) is 11.1 Å². The number of nitrogens with two attached hydrogens (primary N) is 1. The van der Waals surface area contributed by atoms with Crippen LogP contribution in [0.3, 0.4) is 0 Å². The van der Waals surface area contributed by atoms with Crippen molar-refractivity contribution in [1.82, 2.24) is 9.88 Å². The molecule has 5 rings (SSSR count). The highest BCUT2D eigenvalue weighted by molar-refractivity contribution is 6.06. The van der Waals surface area contributed by atoms with Crippen molar-refractivity contribution >= 4 is 22.5 Å². The Morgan fingerprint density at radius 3 is 2.32 bits per heavy atom. The van der Waals surface area contributed by atoms with Crippen molar-refractivity contribution in [1.29, 1.82) is 0 Å². The first-order valence-corrected chi connectivity index (χ1v) is 10.7. The molecule has 4 aromatic rings. The maximum atomic E-state index is 11.7. The van der Waals surface area contributed by atoms with Crippen LogP contribution in [-0.2, 0) is 6.54 Å². The van der Waals surface area contributed by atoms with Crippen LogP contribution >= 0.6 is 0 Å². The molecular formula is C26H26N4O. The first-order valence-electron chi connectivity index (χ1n) is 10.7. The van der Waals surface area contributed by atoms with Crippen LogP contribution in [0.15, 0.2) is 78.9 Å². The molecule has 156 valence electrons. The zero-order valence-electron chi connectivity index (χ0n) is 17.4. The second-order valence-electron chi connectivity index (χ2n) is 8.11. The molecule has 1 fully saturated rings. The van der Waals surface area contributed by atoms with Crippen LogP contribution in [-0.4, -0.2) is 42.0 Å². The SMILES string of the molecule is NC(=O)c1cccc2cc(-c3ccc(N4CCN(Cc5ccccc5)CC4)cc3)[nH]c12. The second kappa shape index (κ2) is 8.28. The summed E-state index contributed by atoms with van der Waals surface area (Å²) in [6, 6.07) is 27.0. The lowest BCUT2D eigenvalue weighted by atomic mass is 10.1. The summed E-state index contributed by atoms with van der Waals surface area (Å²) in [6.07, 6.45) is 0. The summed E-state index contributed by atoms with van der Waals surface area (Å²) >= 11 is 0. The number of hydrogen-bond acceptors (Lipinski definition) is 3. The highest BCUT2D eigenvalue weighted by Crippen LogP contribution is 2.28. The van der Waals surface area contributed by atoms with Crippen molar-refractivity contribution in [3.8, 4) is 11.3 Å². The van der Waals surface area contributed by atoms with E-state index < -0.39 is 5.91 Å². The molecule has 0 bridgehead atoms. The zero-order chi connectivity index (χ0) is 21.2. The lowest BCUT2D eigenvalue weighted by Crippen LogP contribution is -2.45. The number of H-pyrrole nitrogens is 1. The van der Waals surface area contributed by atoms with E-state index in [1.807, 2.05) is 12.1 Å². The van der Waals surface area contributed by atoms with E-state index in [0.717, 1.165) is 54.9 Å². The molecule has 1 aromatic heterocycles. The maximum absolute atomic E-state index is 11.7. The molecule has 0 spiro atoms. The highest BCUT2D eigenvalue weighted by Gasteiger charge is 2.17. The fourth-order valence-corrected chi connectivity index (χ4v) is 4.37. The Morgan fingerprint density at radius 2 is 1.61 bits per heavy atom. The molecule has 1 amide bonds. The van der Waals surface area contributed by atoms with Crippen molar-refractivity contribution in [2.75, 3.05) is 31.1 Å². The molecule has 0 unspecified atom stereocenters. The van der Waals surface area contributed by atoms with E-state index in [1.165, 1.54) is 11.3 Å². The number of carbonyl (C=O) groups excluding carboxylic acids is 1. The van der Waals surface area contributed by atoms with E-state index >= 15 is 0 Å². The molecule has 5 nitrogen and oxygen atoms in total. The molecule has 31 heavy (non-hydrogen) atoms. The van der Waals surface area contributed by atoms with Crippen LogP contribution in [0.5, 0.6) is 0 Å². The number of aromatic amines is 1. The van der Waals surface area contributed by atoms with Crippen LogP contribution in [0.2, 0.25) is 0 Å². The van der Waals surface area contributed by atoms with Crippen LogP contribution < -0.4 is 10.6 Å². The van der Waals surface area contributed by atoms with Gasteiger partial charge in [-0.25, -0.2) is 0 Å². The number of rotatable bonds is 5. The first kappa shape index (κ1) is 19.4. The van der Waals surface area contributed by atoms with Crippen molar-refractivity contribution in [2.45, 2.75) is 6.54 Å². The summed E-state index contributed by atoms with van der Waals surface area (Å²) in [4.78, 5) is 20.0. The molecule has 2 heterocycles. The van der Waals surface area contributed by atoms with Gasteiger partial charge in [-0.3, -0.25) is 9.69 Å². The summed E-state index contributed by atoms with van der Waals surface area (Å²) in [5, 5.41) is 0.991. The second-order valence-corrected chi connectivity index (χ2v) is 8.11. The quantitative estimate of drug-likeness (QED) is 0.517. The lowest BCUT2D eigenvalue weighted by molar-refractivity contribution is 0.100. The largest absolute Gasteiger partial charge is 0.369 e. The summed E-state index contributed by atoms with van der Waals surface area (Å²) < 4.78 is 0. The Kier molecular flexibility index (Phi) is 5.18. The van der Waals surface area contributed by atoms with Crippen molar-refractivity contribution in [3.63, 3.8) is 0 Å². The molecule has 3 N–H and O–H groups in total. The van der Waals surface area contributed by atoms with E-state index in [0.29, 0.717) is 5.56 Å². The van der Waals surface area contributed by atoms with E-state index in [1.54, 1.807) is 6.07 Å². The minimum Gasteiger partial charge on any atom is -0.369 e. The van der Waals surface area contributed by atoms with Crippen molar-refractivity contribution < 1.29 is 4.79 Å². The van der Waals surface area contributed by atoms with E-state index in [-0.39, 0.29) is 0 Å². The van der Waals surface area contributed by atoms with Crippen LogP contribution in [0.1, 0.15) is 15.9 Å². The van der Waals surface area contributed by atoms with Gasteiger partial charge in [0.25, 0.3) is 5.91 Å². The molecule has 0 saturated carbocycles. The van der Waals surface area contributed by atoms with Crippen LogP contribution in [0.4, 0.5) is 5.69 Å². The van der Waals surface area contributed by atoms with Gasteiger partial charge in [-0.05, 0) is 35.4 Å². The number of hydrogen-bond donors (Lipinski definition) is 2. The number of carbonyl (C=O) groups is 1. The van der Waals surface area contributed by atoms with Crippen molar-refractivity contribution in [2.24, 2.45) is 5.73 Å². The van der Waals surface area contributed by atoms with Crippen LogP contribution in [0, 0.1) is 0 Å². The summed E-state index contributed by atoms with van der Waals surface area (Å²) in [5.74, 6) is -0.416. The standard InChI is InChI=1S/C26H26N4O/c27-26(31)23-8-4-7-21-17-24(28-25(21)23)20-9-11-22(12-10-20)30-15-13-29(14-16-30)18-19-5-2-1-3-6-19/h1-12,17,28H,13-16,18H2,(H2,27,31).